The van der Waals surface area contributed by atoms with E-state index in [2.05, 4.69) is 25.7 Å². The van der Waals surface area contributed by atoms with Crippen LogP contribution in [0.25, 0.3) is 0 Å². The maximum absolute atomic E-state index is 5.22. The first-order chi connectivity index (χ1) is 4.66. The zero-order chi connectivity index (χ0) is 7.72. The number of nitrogens with zero attached hydrogens (tertiary/aromatic N) is 1. The molecule has 1 rings (SSSR count). The van der Waals surface area contributed by atoms with Crippen LogP contribution < -0.4 is 0 Å². The summed E-state index contributed by atoms with van der Waals surface area (Å²) in [7, 11) is 0. The van der Waals surface area contributed by atoms with Crippen molar-refractivity contribution in [1.29, 1.82) is 0 Å². The van der Waals surface area contributed by atoms with Crippen LogP contribution in [-0.4, -0.2) is 28.9 Å². The molecule has 0 saturated carbocycles. The van der Waals surface area contributed by atoms with Gasteiger partial charge in [-0.15, -0.1) is 0 Å². The molecule has 2 unspecified atom stereocenters. The summed E-state index contributed by atoms with van der Waals surface area (Å²) in [5, 5.41) is 0. The van der Waals surface area contributed by atoms with Gasteiger partial charge < -0.3 is 0 Å². The van der Waals surface area contributed by atoms with Crippen molar-refractivity contribution < 1.29 is 0 Å². The molecule has 1 aliphatic heterocycles. The van der Waals surface area contributed by atoms with Crippen molar-refractivity contribution in [1.82, 2.24) is 4.90 Å². The third kappa shape index (κ3) is 1.23. The SMILES string of the molecule is CCN1CC(=S)C(C)C1C. The summed E-state index contributed by atoms with van der Waals surface area (Å²) >= 11 is 5.22. The molecular weight excluding hydrogens is 142 g/mol. The standard InChI is InChI=1S/C8H15NS/c1-4-9-5-8(10)6(2)7(9)3/h6-7H,4-5H2,1-3H3. The van der Waals surface area contributed by atoms with Crippen molar-refractivity contribution in [3.63, 3.8) is 0 Å². The minimum atomic E-state index is 0.620. The summed E-state index contributed by atoms with van der Waals surface area (Å²) < 4.78 is 0. The second-order valence-corrected chi connectivity index (χ2v) is 3.58. The summed E-state index contributed by atoms with van der Waals surface area (Å²) in [6.45, 7) is 8.84. The molecule has 0 aliphatic carbocycles. The second kappa shape index (κ2) is 2.97. The highest BCUT2D eigenvalue weighted by molar-refractivity contribution is 7.80. The van der Waals surface area contributed by atoms with Crippen LogP contribution in [0.5, 0.6) is 0 Å². The molecule has 0 amide bonds. The van der Waals surface area contributed by atoms with Crippen molar-refractivity contribution >= 4 is 17.1 Å². The van der Waals surface area contributed by atoms with Crippen LogP contribution >= 0.6 is 12.2 Å². The first-order valence-corrected chi connectivity index (χ1v) is 4.34. The maximum atomic E-state index is 5.22. The average Bonchev–Trinajstić information content (AvgIpc) is 2.17. The summed E-state index contributed by atoms with van der Waals surface area (Å²) in [5.74, 6) is 0.620. The fourth-order valence-corrected chi connectivity index (χ4v) is 1.84. The molecule has 1 nitrogen and oxygen atoms in total. The molecule has 0 spiro atoms. The Morgan fingerprint density at radius 3 is 2.40 bits per heavy atom. The van der Waals surface area contributed by atoms with Gasteiger partial charge in [0.05, 0.1) is 0 Å². The maximum Gasteiger partial charge on any atom is 0.0303 e. The zero-order valence-electron chi connectivity index (χ0n) is 6.92. The van der Waals surface area contributed by atoms with E-state index in [9.17, 15) is 0 Å². The Hall–Kier alpha value is 0.0500. The Balaban J connectivity index is 2.61. The van der Waals surface area contributed by atoms with E-state index in [1.807, 2.05) is 0 Å². The number of rotatable bonds is 1. The molecule has 0 aromatic heterocycles. The molecule has 1 aliphatic rings. The molecule has 1 saturated heterocycles. The highest BCUT2D eigenvalue weighted by Crippen LogP contribution is 2.20. The van der Waals surface area contributed by atoms with Gasteiger partial charge in [0, 0.05) is 23.4 Å². The lowest BCUT2D eigenvalue weighted by Crippen LogP contribution is -2.28. The highest BCUT2D eigenvalue weighted by atomic mass is 32.1. The Morgan fingerprint density at radius 1 is 1.60 bits per heavy atom. The Bertz CT molecular complexity index is 144. The monoisotopic (exact) mass is 157 g/mol. The Labute approximate surface area is 68.4 Å². The van der Waals surface area contributed by atoms with E-state index < -0.39 is 0 Å². The summed E-state index contributed by atoms with van der Waals surface area (Å²) in [6, 6.07) is 0.664. The van der Waals surface area contributed by atoms with E-state index in [1.165, 1.54) is 4.86 Å². The third-order valence-electron chi connectivity index (χ3n) is 2.57. The third-order valence-corrected chi connectivity index (χ3v) is 3.07. The summed E-state index contributed by atoms with van der Waals surface area (Å²) in [6.07, 6.45) is 0. The van der Waals surface area contributed by atoms with E-state index in [0.29, 0.717) is 12.0 Å². The fourth-order valence-electron chi connectivity index (χ4n) is 1.47. The van der Waals surface area contributed by atoms with Gasteiger partial charge in [0.1, 0.15) is 0 Å². The van der Waals surface area contributed by atoms with Crippen molar-refractivity contribution in [3.8, 4) is 0 Å². The number of hydrogen-bond acceptors (Lipinski definition) is 2. The average molecular weight is 157 g/mol. The van der Waals surface area contributed by atoms with E-state index in [1.54, 1.807) is 0 Å². The molecule has 0 radical (unpaired) electrons. The smallest absolute Gasteiger partial charge is 0.0303 e. The van der Waals surface area contributed by atoms with Gasteiger partial charge in [0.2, 0.25) is 0 Å². The minimum Gasteiger partial charge on any atom is -0.296 e. The van der Waals surface area contributed by atoms with Crippen LogP contribution in [-0.2, 0) is 0 Å². The lowest BCUT2D eigenvalue weighted by molar-refractivity contribution is 0.260. The molecule has 0 aromatic carbocycles. The highest BCUT2D eigenvalue weighted by Gasteiger charge is 2.29. The number of hydrogen-bond donors (Lipinski definition) is 0. The normalized spacial score (nSPS) is 35.3. The van der Waals surface area contributed by atoms with Crippen molar-refractivity contribution in [3.05, 3.63) is 0 Å². The molecule has 0 aromatic rings. The molecule has 1 fully saturated rings. The van der Waals surface area contributed by atoms with Gasteiger partial charge in [-0.25, -0.2) is 0 Å². The Kier molecular flexibility index (Phi) is 2.42. The van der Waals surface area contributed by atoms with Crippen LogP contribution in [0.4, 0.5) is 0 Å². The number of thiocarbonyl (C=S) groups is 1. The zero-order valence-corrected chi connectivity index (χ0v) is 7.74. The van der Waals surface area contributed by atoms with Crippen LogP contribution in [0.15, 0.2) is 0 Å². The first-order valence-electron chi connectivity index (χ1n) is 3.93. The van der Waals surface area contributed by atoms with Gasteiger partial charge in [-0.3, -0.25) is 4.90 Å². The van der Waals surface area contributed by atoms with Crippen molar-refractivity contribution in [2.24, 2.45) is 5.92 Å². The summed E-state index contributed by atoms with van der Waals surface area (Å²) in [5.41, 5.74) is 0. The fraction of sp³-hybridized carbons (Fsp3) is 0.875. The molecule has 10 heavy (non-hydrogen) atoms. The second-order valence-electron chi connectivity index (χ2n) is 3.06. The van der Waals surface area contributed by atoms with Gasteiger partial charge in [0.15, 0.2) is 0 Å². The van der Waals surface area contributed by atoms with Gasteiger partial charge in [-0.2, -0.15) is 0 Å². The number of likely N-dealkylation sites (tertiary alicyclic amines) is 1. The predicted molar refractivity (Wildman–Crippen MR) is 48.5 cm³/mol. The van der Waals surface area contributed by atoms with Gasteiger partial charge in [-0.1, -0.05) is 26.1 Å². The van der Waals surface area contributed by atoms with Gasteiger partial charge in [0.25, 0.3) is 0 Å². The van der Waals surface area contributed by atoms with E-state index >= 15 is 0 Å². The van der Waals surface area contributed by atoms with E-state index in [-0.39, 0.29) is 0 Å². The molecule has 0 N–H and O–H groups in total. The van der Waals surface area contributed by atoms with Gasteiger partial charge >= 0.3 is 0 Å². The summed E-state index contributed by atoms with van der Waals surface area (Å²) in [4.78, 5) is 3.65. The van der Waals surface area contributed by atoms with Crippen LogP contribution in [0, 0.1) is 5.92 Å². The van der Waals surface area contributed by atoms with Gasteiger partial charge in [-0.05, 0) is 13.5 Å². The van der Waals surface area contributed by atoms with Crippen LogP contribution in [0.3, 0.4) is 0 Å². The largest absolute Gasteiger partial charge is 0.296 e. The minimum absolute atomic E-state index is 0.620. The van der Waals surface area contributed by atoms with E-state index in [0.717, 1.165) is 13.1 Å². The van der Waals surface area contributed by atoms with Crippen LogP contribution in [0.2, 0.25) is 0 Å². The molecule has 2 heteroatoms. The molecular formula is C8H15NS. The molecule has 2 atom stereocenters. The van der Waals surface area contributed by atoms with Crippen LogP contribution in [0.1, 0.15) is 20.8 Å². The molecule has 58 valence electrons. The predicted octanol–water partition coefficient (Wildman–Crippen LogP) is 1.72. The Morgan fingerprint density at radius 2 is 2.20 bits per heavy atom. The first kappa shape index (κ1) is 8.15. The molecule has 0 bridgehead atoms. The quantitative estimate of drug-likeness (QED) is 0.533. The van der Waals surface area contributed by atoms with Crippen molar-refractivity contribution in [2.45, 2.75) is 26.8 Å². The lowest BCUT2D eigenvalue weighted by Gasteiger charge is -2.19. The van der Waals surface area contributed by atoms with E-state index in [4.69, 9.17) is 12.2 Å². The lowest BCUT2D eigenvalue weighted by atomic mass is 10.1. The molecule has 1 heterocycles. The van der Waals surface area contributed by atoms with Crippen molar-refractivity contribution in [2.75, 3.05) is 13.1 Å². The topological polar surface area (TPSA) is 3.24 Å².